The molecule has 5 nitrogen and oxygen atoms in total. The Labute approximate surface area is 155 Å². The van der Waals surface area contributed by atoms with Crippen LogP contribution in [0.4, 0.5) is 0 Å². The minimum atomic E-state index is -0.753. The third-order valence-corrected chi connectivity index (χ3v) is 5.95. The minimum absolute atomic E-state index is 0.126. The van der Waals surface area contributed by atoms with E-state index in [1.807, 2.05) is 24.1 Å². The molecule has 1 atom stereocenters. The molecule has 2 aromatic rings. The van der Waals surface area contributed by atoms with Crippen molar-refractivity contribution in [3.8, 4) is 0 Å². The molecule has 140 valence electrons. The summed E-state index contributed by atoms with van der Waals surface area (Å²) in [4.78, 5) is 17.2. The number of aromatic nitrogens is 1. The van der Waals surface area contributed by atoms with Crippen LogP contribution < -0.4 is 0 Å². The number of carbonyl (C=O) groups excluding carboxylic acids is 1. The zero-order valence-corrected chi connectivity index (χ0v) is 15.7. The molecule has 3 heterocycles. The van der Waals surface area contributed by atoms with Gasteiger partial charge in [-0.25, -0.2) is 0 Å². The van der Waals surface area contributed by atoms with Crippen LogP contribution in [0.3, 0.4) is 0 Å². The highest BCUT2D eigenvalue weighted by Crippen LogP contribution is 2.26. The number of fused-ring (bicyclic) bond motifs is 1. The number of aryl methyl sites for hydroxylation is 1. The van der Waals surface area contributed by atoms with Crippen LogP contribution >= 0.6 is 0 Å². The van der Waals surface area contributed by atoms with E-state index < -0.39 is 5.60 Å². The molecule has 0 radical (unpaired) electrons. The number of β-amino-alcohol motifs (C(OH)–C–C–N with tert-alkyl or cyclic N) is 1. The van der Waals surface area contributed by atoms with Crippen LogP contribution in [-0.2, 0) is 18.3 Å². The fourth-order valence-corrected chi connectivity index (χ4v) is 4.65. The van der Waals surface area contributed by atoms with E-state index in [1.54, 1.807) is 0 Å². The van der Waals surface area contributed by atoms with E-state index in [0.29, 0.717) is 19.5 Å². The Kier molecular flexibility index (Phi) is 4.76. The van der Waals surface area contributed by atoms with E-state index in [4.69, 9.17) is 0 Å². The van der Waals surface area contributed by atoms with Gasteiger partial charge in [-0.15, -0.1) is 0 Å². The van der Waals surface area contributed by atoms with E-state index in [2.05, 4.69) is 27.8 Å². The Hall–Kier alpha value is -1.85. The number of hydrogen-bond donors (Lipinski definition) is 1. The smallest absolute Gasteiger partial charge is 0.227 e. The molecule has 2 saturated heterocycles. The Morgan fingerprint density at radius 1 is 1.15 bits per heavy atom. The van der Waals surface area contributed by atoms with Crippen molar-refractivity contribution >= 4 is 16.8 Å². The van der Waals surface area contributed by atoms with Crippen molar-refractivity contribution in [1.82, 2.24) is 14.4 Å². The number of likely N-dealkylation sites (tertiary alicyclic amines) is 2. The van der Waals surface area contributed by atoms with Gasteiger partial charge in [0.15, 0.2) is 0 Å². The maximum atomic E-state index is 12.9. The van der Waals surface area contributed by atoms with Crippen molar-refractivity contribution in [2.75, 3.05) is 32.7 Å². The van der Waals surface area contributed by atoms with Gasteiger partial charge in [0.25, 0.3) is 0 Å². The fraction of sp³-hybridized carbons (Fsp3) is 0.571. The van der Waals surface area contributed by atoms with Gasteiger partial charge in [0.2, 0.25) is 5.91 Å². The van der Waals surface area contributed by atoms with Gasteiger partial charge in [0.05, 0.1) is 18.6 Å². The first-order chi connectivity index (χ1) is 12.5. The lowest BCUT2D eigenvalue weighted by molar-refractivity contribution is -0.138. The summed E-state index contributed by atoms with van der Waals surface area (Å²) in [6, 6.07) is 8.21. The van der Waals surface area contributed by atoms with Crippen LogP contribution in [0.15, 0.2) is 30.5 Å². The molecule has 2 aliphatic heterocycles. The number of nitrogens with zero attached hydrogens (tertiary/aromatic N) is 3. The highest BCUT2D eigenvalue weighted by atomic mass is 16.3. The van der Waals surface area contributed by atoms with Gasteiger partial charge in [-0.2, -0.15) is 0 Å². The van der Waals surface area contributed by atoms with Crippen molar-refractivity contribution in [3.05, 3.63) is 36.0 Å². The van der Waals surface area contributed by atoms with E-state index in [0.717, 1.165) is 48.9 Å². The van der Waals surface area contributed by atoms with E-state index in [1.165, 1.54) is 12.8 Å². The summed E-state index contributed by atoms with van der Waals surface area (Å²) < 4.78 is 2.08. The van der Waals surface area contributed by atoms with Crippen molar-refractivity contribution in [1.29, 1.82) is 0 Å². The van der Waals surface area contributed by atoms with Crippen LogP contribution in [0.1, 0.15) is 31.2 Å². The zero-order chi connectivity index (χ0) is 18.1. The molecule has 0 aliphatic carbocycles. The number of rotatable bonds is 4. The van der Waals surface area contributed by atoms with Gasteiger partial charge < -0.3 is 19.5 Å². The monoisotopic (exact) mass is 355 g/mol. The second-order valence-electron chi connectivity index (χ2n) is 8.09. The summed E-state index contributed by atoms with van der Waals surface area (Å²) in [6.45, 7) is 4.07. The van der Waals surface area contributed by atoms with Crippen molar-refractivity contribution in [3.63, 3.8) is 0 Å². The van der Waals surface area contributed by atoms with Crippen LogP contribution in [0.5, 0.6) is 0 Å². The average molecular weight is 355 g/mol. The first-order valence-corrected chi connectivity index (χ1v) is 9.80. The predicted octanol–water partition coefficient (Wildman–Crippen LogP) is 2.17. The Morgan fingerprint density at radius 3 is 2.73 bits per heavy atom. The maximum absolute atomic E-state index is 12.9. The molecular formula is C21H29N3O2. The quantitative estimate of drug-likeness (QED) is 0.914. The number of benzene rings is 1. The number of piperidine rings is 1. The third-order valence-electron chi connectivity index (χ3n) is 5.95. The minimum Gasteiger partial charge on any atom is -0.387 e. The Bertz CT molecular complexity index is 794. The lowest BCUT2D eigenvalue weighted by atomic mass is 9.91. The predicted molar refractivity (Wildman–Crippen MR) is 103 cm³/mol. The molecule has 0 saturated carbocycles. The van der Waals surface area contributed by atoms with Gasteiger partial charge in [-0.1, -0.05) is 18.2 Å². The maximum Gasteiger partial charge on any atom is 0.227 e. The van der Waals surface area contributed by atoms with Crippen LogP contribution in [0.25, 0.3) is 10.9 Å². The molecular weight excluding hydrogens is 326 g/mol. The Morgan fingerprint density at radius 2 is 1.92 bits per heavy atom. The molecule has 0 bridgehead atoms. The summed E-state index contributed by atoms with van der Waals surface area (Å²) in [7, 11) is 2.02. The highest BCUT2D eigenvalue weighted by molar-refractivity contribution is 5.89. The van der Waals surface area contributed by atoms with Crippen LogP contribution in [0.2, 0.25) is 0 Å². The average Bonchev–Trinajstić information content (AvgIpc) is 3.23. The first kappa shape index (κ1) is 17.6. The molecule has 26 heavy (non-hydrogen) atoms. The molecule has 1 amide bonds. The van der Waals surface area contributed by atoms with Gasteiger partial charge in [0, 0.05) is 37.2 Å². The number of aliphatic hydroxyl groups is 1. The SMILES string of the molecule is Cn1cc(CC(=O)N2CCC[C@](O)(CN3CCCC3)C2)c2ccccc21. The second kappa shape index (κ2) is 7.05. The largest absolute Gasteiger partial charge is 0.387 e. The molecule has 0 spiro atoms. The van der Waals surface area contributed by atoms with Crippen molar-refractivity contribution < 1.29 is 9.90 Å². The molecule has 2 fully saturated rings. The summed E-state index contributed by atoms with van der Waals surface area (Å²) in [5.41, 5.74) is 1.47. The summed E-state index contributed by atoms with van der Waals surface area (Å²) >= 11 is 0. The molecule has 1 N–H and O–H groups in total. The second-order valence-corrected chi connectivity index (χ2v) is 8.09. The normalized spacial score (nSPS) is 24.5. The molecule has 1 aromatic heterocycles. The van der Waals surface area contributed by atoms with Crippen LogP contribution in [-0.4, -0.2) is 63.7 Å². The molecule has 0 unspecified atom stereocenters. The van der Waals surface area contributed by atoms with Gasteiger partial charge >= 0.3 is 0 Å². The molecule has 5 heteroatoms. The zero-order valence-electron chi connectivity index (χ0n) is 15.7. The number of para-hydroxylation sites is 1. The van der Waals surface area contributed by atoms with E-state index in [-0.39, 0.29) is 5.91 Å². The van der Waals surface area contributed by atoms with Gasteiger partial charge in [-0.3, -0.25) is 4.79 Å². The summed E-state index contributed by atoms with van der Waals surface area (Å²) in [5.74, 6) is 0.126. The third kappa shape index (κ3) is 3.51. The van der Waals surface area contributed by atoms with Crippen molar-refractivity contribution in [2.24, 2.45) is 7.05 Å². The van der Waals surface area contributed by atoms with E-state index in [9.17, 15) is 9.90 Å². The standard InChI is InChI=1S/C21H29N3O2/c1-22-14-17(18-7-2-3-8-19(18)22)13-20(25)24-12-6-9-21(26,16-24)15-23-10-4-5-11-23/h2-3,7-8,14,26H,4-6,9-13,15-16H2,1H3/t21-/m0/s1. The lowest BCUT2D eigenvalue weighted by Gasteiger charge is -2.41. The lowest BCUT2D eigenvalue weighted by Crippen LogP contribution is -2.55. The highest BCUT2D eigenvalue weighted by Gasteiger charge is 2.37. The number of hydrogen-bond acceptors (Lipinski definition) is 3. The number of amides is 1. The molecule has 2 aliphatic rings. The van der Waals surface area contributed by atoms with E-state index >= 15 is 0 Å². The fourth-order valence-electron chi connectivity index (χ4n) is 4.65. The molecule has 4 rings (SSSR count). The summed E-state index contributed by atoms with van der Waals surface area (Å²) in [5, 5.41) is 12.2. The first-order valence-electron chi connectivity index (χ1n) is 9.80. The van der Waals surface area contributed by atoms with Crippen molar-refractivity contribution in [2.45, 2.75) is 37.7 Å². The molecule has 1 aromatic carbocycles. The number of carbonyl (C=O) groups is 1. The van der Waals surface area contributed by atoms with Crippen LogP contribution in [0, 0.1) is 0 Å². The Balaban J connectivity index is 1.45. The topological polar surface area (TPSA) is 48.7 Å². The summed E-state index contributed by atoms with van der Waals surface area (Å²) in [6.07, 6.45) is 6.58. The van der Waals surface area contributed by atoms with Gasteiger partial charge in [-0.05, 0) is 50.4 Å². The van der Waals surface area contributed by atoms with Gasteiger partial charge in [0.1, 0.15) is 0 Å².